The van der Waals surface area contributed by atoms with Crippen LogP contribution in [0.4, 0.5) is 5.82 Å². The lowest BCUT2D eigenvalue weighted by atomic mass is 9.96. The van der Waals surface area contributed by atoms with Gasteiger partial charge in [0.2, 0.25) is 0 Å². The molecule has 0 unspecified atom stereocenters. The molecule has 2 aliphatic rings. The number of nitrogens with two attached hydrogens (primary N) is 1. The van der Waals surface area contributed by atoms with Crippen LogP contribution in [0, 0.1) is 5.92 Å². The third kappa shape index (κ3) is 1.35. The maximum absolute atomic E-state index is 8.88. The summed E-state index contributed by atoms with van der Waals surface area (Å²) in [5.41, 5.74) is 7.39. The van der Waals surface area contributed by atoms with Crippen LogP contribution in [0.3, 0.4) is 0 Å². The fraction of sp³-hybridized carbons (Fsp3) is 0.727. The molecule has 1 aromatic heterocycles. The van der Waals surface area contributed by atoms with Crippen molar-refractivity contribution >= 4 is 5.82 Å². The third-order valence-electron chi connectivity index (χ3n) is 3.78. The number of aliphatic hydroxyl groups excluding tert-OH is 1. The van der Waals surface area contributed by atoms with Crippen LogP contribution in [-0.2, 0) is 12.0 Å². The Labute approximate surface area is 89.1 Å². The Hall–Kier alpha value is -1.03. The number of rotatable bonds is 4. The van der Waals surface area contributed by atoms with Crippen LogP contribution in [0.5, 0.6) is 0 Å². The predicted octanol–water partition coefficient (Wildman–Crippen LogP) is 0.899. The van der Waals surface area contributed by atoms with Gasteiger partial charge in [0.15, 0.2) is 0 Å². The number of nitrogen functional groups attached to an aromatic ring is 1. The Bertz CT molecular complexity index is 377. The third-order valence-corrected chi connectivity index (χ3v) is 3.78. The zero-order chi connectivity index (χ0) is 10.5. The van der Waals surface area contributed by atoms with Gasteiger partial charge in [-0.05, 0) is 31.6 Å². The van der Waals surface area contributed by atoms with Crippen molar-refractivity contribution in [2.45, 2.75) is 37.6 Å². The van der Waals surface area contributed by atoms with Gasteiger partial charge in [0.1, 0.15) is 5.82 Å². The lowest BCUT2D eigenvalue weighted by Crippen LogP contribution is -2.12. The van der Waals surface area contributed by atoms with Crippen molar-refractivity contribution in [3.05, 3.63) is 11.8 Å². The molecule has 4 heteroatoms. The molecule has 2 fully saturated rings. The zero-order valence-corrected chi connectivity index (χ0v) is 8.82. The fourth-order valence-corrected chi connectivity index (χ4v) is 2.59. The van der Waals surface area contributed by atoms with Gasteiger partial charge in [0, 0.05) is 11.5 Å². The highest BCUT2D eigenvalue weighted by Gasteiger charge is 2.56. The van der Waals surface area contributed by atoms with E-state index in [9.17, 15) is 0 Å². The molecule has 2 saturated carbocycles. The Morgan fingerprint density at radius 3 is 2.80 bits per heavy atom. The second kappa shape index (κ2) is 2.98. The summed E-state index contributed by atoms with van der Waals surface area (Å²) in [6.07, 6.45) is 5.25. The van der Waals surface area contributed by atoms with Crippen molar-refractivity contribution in [2.24, 2.45) is 5.92 Å². The molecule has 0 atom stereocenters. The maximum atomic E-state index is 8.88. The van der Waals surface area contributed by atoms with Crippen molar-refractivity contribution in [1.29, 1.82) is 0 Å². The molecule has 0 aromatic carbocycles. The summed E-state index contributed by atoms with van der Waals surface area (Å²) in [7, 11) is 0. The number of aliphatic hydroxyl groups is 1. The number of aromatic nitrogens is 2. The number of hydrogen-bond acceptors (Lipinski definition) is 3. The second-order valence-electron chi connectivity index (χ2n) is 4.83. The molecule has 0 aliphatic heterocycles. The van der Waals surface area contributed by atoms with E-state index in [1.807, 2.05) is 6.07 Å². The molecule has 15 heavy (non-hydrogen) atoms. The molecule has 0 saturated heterocycles. The molecular formula is C11H17N3O. The van der Waals surface area contributed by atoms with Crippen LogP contribution in [0.15, 0.2) is 6.07 Å². The van der Waals surface area contributed by atoms with Crippen LogP contribution in [0.2, 0.25) is 0 Å². The lowest BCUT2D eigenvalue weighted by Gasteiger charge is -2.09. The van der Waals surface area contributed by atoms with E-state index >= 15 is 0 Å². The molecule has 3 rings (SSSR count). The molecule has 1 aromatic rings. The molecule has 2 aliphatic carbocycles. The van der Waals surface area contributed by atoms with Crippen LogP contribution >= 0.6 is 0 Å². The lowest BCUT2D eigenvalue weighted by molar-refractivity contribution is 0.269. The molecule has 3 N–H and O–H groups in total. The Kier molecular flexibility index (Phi) is 1.83. The number of nitrogens with zero attached hydrogens (tertiary/aromatic N) is 2. The van der Waals surface area contributed by atoms with Crippen molar-refractivity contribution < 1.29 is 5.11 Å². The Morgan fingerprint density at radius 1 is 1.53 bits per heavy atom. The van der Waals surface area contributed by atoms with Gasteiger partial charge in [0.05, 0.1) is 18.8 Å². The van der Waals surface area contributed by atoms with E-state index in [-0.39, 0.29) is 6.61 Å². The van der Waals surface area contributed by atoms with E-state index in [1.54, 1.807) is 4.68 Å². The van der Waals surface area contributed by atoms with E-state index in [0.717, 1.165) is 11.6 Å². The van der Waals surface area contributed by atoms with E-state index in [1.165, 1.54) is 25.7 Å². The fourth-order valence-electron chi connectivity index (χ4n) is 2.59. The van der Waals surface area contributed by atoms with Gasteiger partial charge in [-0.1, -0.05) is 0 Å². The summed E-state index contributed by atoms with van der Waals surface area (Å²) in [5, 5.41) is 13.4. The smallest absolute Gasteiger partial charge is 0.122 e. The van der Waals surface area contributed by atoms with E-state index in [4.69, 9.17) is 10.8 Å². The Morgan fingerprint density at radius 2 is 2.27 bits per heavy atom. The highest BCUT2D eigenvalue weighted by molar-refractivity contribution is 5.38. The first-order valence-corrected chi connectivity index (χ1v) is 5.71. The van der Waals surface area contributed by atoms with Gasteiger partial charge in [-0.2, -0.15) is 5.10 Å². The van der Waals surface area contributed by atoms with Crippen molar-refractivity contribution in [2.75, 3.05) is 12.3 Å². The molecule has 0 bridgehead atoms. The normalized spacial score (nSPS) is 23.0. The minimum Gasteiger partial charge on any atom is -0.394 e. The first kappa shape index (κ1) is 9.21. The summed E-state index contributed by atoms with van der Waals surface area (Å²) in [6.45, 7) is 0.605. The second-order valence-corrected chi connectivity index (χ2v) is 4.83. The molecule has 82 valence electrons. The molecule has 0 amide bonds. The summed E-state index contributed by atoms with van der Waals surface area (Å²) >= 11 is 0. The van der Waals surface area contributed by atoms with Crippen molar-refractivity contribution in [1.82, 2.24) is 9.78 Å². The minimum atomic E-state index is 0.0990. The molecule has 0 spiro atoms. The van der Waals surface area contributed by atoms with Gasteiger partial charge < -0.3 is 10.8 Å². The molecule has 1 heterocycles. The van der Waals surface area contributed by atoms with Gasteiger partial charge >= 0.3 is 0 Å². The minimum absolute atomic E-state index is 0.0990. The first-order valence-electron chi connectivity index (χ1n) is 5.71. The Balaban J connectivity index is 1.89. The average Bonchev–Trinajstić information content (AvgIpc) is 3.09. The van der Waals surface area contributed by atoms with Crippen LogP contribution in [0.25, 0.3) is 0 Å². The van der Waals surface area contributed by atoms with E-state index < -0.39 is 0 Å². The number of anilines is 1. The standard InChI is InChI=1S/C11H17N3O/c12-10-7-9(13-14(10)5-6-15)11(3-4-11)8-1-2-8/h7-8,15H,1-6,12H2. The van der Waals surface area contributed by atoms with Gasteiger partial charge in [-0.25, -0.2) is 4.68 Å². The van der Waals surface area contributed by atoms with E-state index in [2.05, 4.69) is 5.10 Å². The first-order chi connectivity index (χ1) is 7.26. The van der Waals surface area contributed by atoms with Gasteiger partial charge in [0.25, 0.3) is 0 Å². The van der Waals surface area contributed by atoms with Gasteiger partial charge in [-0.3, -0.25) is 0 Å². The largest absolute Gasteiger partial charge is 0.394 e. The van der Waals surface area contributed by atoms with Crippen molar-refractivity contribution in [3.8, 4) is 0 Å². The molecular weight excluding hydrogens is 190 g/mol. The molecule has 0 radical (unpaired) electrons. The topological polar surface area (TPSA) is 64.1 Å². The number of hydrogen-bond donors (Lipinski definition) is 2. The van der Waals surface area contributed by atoms with E-state index in [0.29, 0.717) is 17.8 Å². The van der Waals surface area contributed by atoms with Crippen LogP contribution in [-0.4, -0.2) is 21.5 Å². The van der Waals surface area contributed by atoms with Crippen molar-refractivity contribution in [3.63, 3.8) is 0 Å². The summed E-state index contributed by atoms with van der Waals surface area (Å²) < 4.78 is 1.72. The van der Waals surface area contributed by atoms with Crippen LogP contribution < -0.4 is 5.73 Å². The maximum Gasteiger partial charge on any atom is 0.122 e. The van der Waals surface area contributed by atoms with Crippen LogP contribution in [0.1, 0.15) is 31.4 Å². The van der Waals surface area contributed by atoms with Gasteiger partial charge in [-0.15, -0.1) is 0 Å². The highest BCUT2D eigenvalue weighted by Crippen LogP contribution is 2.61. The monoisotopic (exact) mass is 207 g/mol. The average molecular weight is 207 g/mol. The SMILES string of the molecule is Nc1cc(C2(C3CC3)CC2)nn1CCO. The summed E-state index contributed by atoms with van der Waals surface area (Å²) in [5.74, 6) is 1.54. The quantitative estimate of drug-likeness (QED) is 0.771. The molecule has 4 nitrogen and oxygen atoms in total. The highest BCUT2D eigenvalue weighted by atomic mass is 16.3. The predicted molar refractivity (Wildman–Crippen MR) is 57.4 cm³/mol. The summed E-state index contributed by atoms with van der Waals surface area (Å²) in [6, 6.07) is 2.00. The summed E-state index contributed by atoms with van der Waals surface area (Å²) in [4.78, 5) is 0. The zero-order valence-electron chi connectivity index (χ0n) is 8.82.